The van der Waals surface area contributed by atoms with E-state index >= 15 is 0 Å². The minimum Gasteiger partial charge on any atom is -0.469 e. The molecule has 7 nitrogen and oxygen atoms in total. The van der Waals surface area contributed by atoms with E-state index in [9.17, 15) is 14.4 Å². The maximum atomic E-state index is 11.9. The van der Waals surface area contributed by atoms with Crippen LogP contribution in [0.2, 0.25) is 0 Å². The van der Waals surface area contributed by atoms with Crippen molar-refractivity contribution in [3.63, 3.8) is 0 Å². The number of anilines is 1. The van der Waals surface area contributed by atoms with Crippen molar-refractivity contribution in [1.82, 2.24) is 4.90 Å². The van der Waals surface area contributed by atoms with Crippen LogP contribution in [0.5, 0.6) is 0 Å². The fourth-order valence-electron chi connectivity index (χ4n) is 1.71. The molecule has 1 aromatic carbocycles. The maximum Gasteiger partial charge on any atom is 0.306 e. The van der Waals surface area contributed by atoms with Crippen molar-refractivity contribution in [2.45, 2.75) is 6.42 Å². The Kier molecular flexibility index (Phi) is 6.35. The Hall–Kier alpha value is -2.41. The standard InChI is InChI=1S/C14H19N3O4/c1-17(8-7-13(19)21-2)9-12(18)16-11-6-4-3-5-10(11)14(15)20/h3-6H,7-9H2,1-2H3,(H2,15,20)(H,16,18). The monoisotopic (exact) mass is 293 g/mol. The van der Waals surface area contributed by atoms with Crippen LogP contribution in [-0.4, -0.2) is 49.9 Å². The van der Waals surface area contributed by atoms with Gasteiger partial charge in [-0.25, -0.2) is 0 Å². The molecule has 0 saturated carbocycles. The smallest absolute Gasteiger partial charge is 0.306 e. The van der Waals surface area contributed by atoms with Gasteiger partial charge in [0.05, 0.1) is 31.3 Å². The molecule has 0 saturated heterocycles. The summed E-state index contributed by atoms with van der Waals surface area (Å²) in [6.45, 7) is 0.488. The van der Waals surface area contributed by atoms with Crippen LogP contribution in [0.1, 0.15) is 16.8 Å². The molecule has 0 aliphatic carbocycles. The lowest BCUT2D eigenvalue weighted by molar-refractivity contribution is -0.141. The third-order valence-electron chi connectivity index (χ3n) is 2.81. The van der Waals surface area contributed by atoms with Gasteiger partial charge in [0.1, 0.15) is 0 Å². The summed E-state index contributed by atoms with van der Waals surface area (Å²) in [5.74, 6) is -1.23. The Morgan fingerprint density at radius 3 is 2.57 bits per heavy atom. The summed E-state index contributed by atoms with van der Waals surface area (Å²) in [6.07, 6.45) is 0.207. The number of hydrogen-bond donors (Lipinski definition) is 2. The molecule has 0 spiro atoms. The first-order chi connectivity index (χ1) is 9.93. The zero-order chi connectivity index (χ0) is 15.8. The van der Waals surface area contributed by atoms with Crippen LogP contribution in [0.15, 0.2) is 24.3 Å². The van der Waals surface area contributed by atoms with Crippen LogP contribution >= 0.6 is 0 Å². The van der Waals surface area contributed by atoms with E-state index in [1.807, 2.05) is 0 Å². The first-order valence-corrected chi connectivity index (χ1v) is 6.38. The minimum absolute atomic E-state index is 0.0874. The van der Waals surface area contributed by atoms with Crippen LogP contribution in [0.3, 0.4) is 0 Å². The van der Waals surface area contributed by atoms with Crippen molar-refractivity contribution in [3.8, 4) is 0 Å². The first kappa shape index (κ1) is 16.6. The third kappa shape index (κ3) is 5.62. The summed E-state index contributed by atoms with van der Waals surface area (Å²) >= 11 is 0. The van der Waals surface area contributed by atoms with E-state index in [0.29, 0.717) is 12.2 Å². The number of nitrogens with one attached hydrogen (secondary N) is 1. The zero-order valence-electron chi connectivity index (χ0n) is 12.1. The second-order valence-electron chi connectivity index (χ2n) is 4.52. The average Bonchev–Trinajstić information content (AvgIpc) is 2.44. The van der Waals surface area contributed by atoms with Gasteiger partial charge in [-0.15, -0.1) is 0 Å². The van der Waals surface area contributed by atoms with Crippen molar-refractivity contribution < 1.29 is 19.1 Å². The number of esters is 1. The number of ether oxygens (including phenoxy) is 1. The number of benzene rings is 1. The molecular weight excluding hydrogens is 274 g/mol. The zero-order valence-corrected chi connectivity index (χ0v) is 12.1. The highest BCUT2D eigenvalue weighted by atomic mass is 16.5. The van der Waals surface area contributed by atoms with Crippen LogP contribution in [0.25, 0.3) is 0 Å². The summed E-state index contributed by atoms with van der Waals surface area (Å²) in [4.78, 5) is 35.8. The Bertz CT molecular complexity index is 531. The highest BCUT2D eigenvalue weighted by Gasteiger charge is 2.12. The molecule has 0 heterocycles. The molecule has 21 heavy (non-hydrogen) atoms. The number of likely N-dealkylation sites (N-methyl/N-ethyl adjacent to an activating group) is 1. The van der Waals surface area contributed by atoms with E-state index in [1.165, 1.54) is 7.11 Å². The predicted octanol–water partition coefficient (Wildman–Crippen LogP) is 0.219. The van der Waals surface area contributed by atoms with Crippen LogP contribution in [-0.2, 0) is 14.3 Å². The molecule has 0 radical (unpaired) electrons. The van der Waals surface area contributed by atoms with E-state index in [4.69, 9.17) is 5.73 Å². The SMILES string of the molecule is COC(=O)CCN(C)CC(=O)Nc1ccccc1C(N)=O. The van der Waals surface area contributed by atoms with Gasteiger partial charge in [0, 0.05) is 6.54 Å². The number of primary amides is 1. The second kappa shape index (κ2) is 8.01. The third-order valence-corrected chi connectivity index (χ3v) is 2.81. The molecule has 0 fully saturated rings. The molecule has 114 valence electrons. The number of nitrogens with two attached hydrogens (primary N) is 1. The summed E-state index contributed by atoms with van der Waals surface area (Å²) in [7, 11) is 3.03. The number of para-hydroxylation sites is 1. The van der Waals surface area contributed by atoms with Crippen molar-refractivity contribution >= 4 is 23.5 Å². The molecule has 0 aliphatic rings. The van der Waals surface area contributed by atoms with Gasteiger partial charge in [0.2, 0.25) is 5.91 Å². The van der Waals surface area contributed by atoms with Crippen molar-refractivity contribution in [1.29, 1.82) is 0 Å². The Balaban J connectivity index is 2.54. The van der Waals surface area contributed by atoms with Crippen molar-refractivity contribution in [3.05, 3.63) is 29.8 Å². The summed E-state index contributed by atoms with van der Waals surface area (Å²) in [5, 5.41) is 2.63. The minimum atomic E-state index is -0.607. The second-order valence-corrected chi connectivity index (χ2v) is 4.52. The molecule has 1 aromatic rings. The lowest BCUT2D eigenvalue weighted by Crippen LogP contribution is -2.32. The van der Waals surface area contributed by atoms with Gasteiger partial charge in [-0.1, -0.05) is 12.1 Å². The summed E-state index contributed by atoms with van der Waals surface area (Å²) in [5.41, 5.74) is 5.86. The largest absolute Gasteiger partial charge is 0.469 e. The Morgan fingerprint density at radius 2 is 1.95 bits per heavy atom. The van der Waals surface area contributed by atoms with E-state index in [0.717, 1.165) is 0 Å². The van der Waals surface area contributed by atoms with Crippen molar-refractivity contribution in [2.75, 3.05) is 32.6 Å². The molecule has 2 amide bonds. The van der Waals surface area contributed by atoms with Crippen LogP contribution in [0, 0.1) is 0 Å². The highest BCUT2D eigenvalue weighted by molar-refractivity contribution is 6.03. The number of rotatable bonds is 7. The quantitative estimate of drug-likeness (QED) is 0.700. The lowest BCUT2D eigenvalue weighted by atomic mass is 10.1. The molecule has 0 unspecified atom stereocenters. The first-order valence-electron chi connectivity index (χ1n) is 6.38. The van der Waals surface area contributed by atoms with Crippen LogP contribution < -0.4 is 11.1 Å². The maximum absolute atomic E-state index is 11.9. The molecule has 3 N–H and O–H groups in total. The van der Waals surface area contributed by atoms with Crippen molar-refractivity contribution in [2.24, 2.45) is 5.73 Å². The number of carbonyl (C=O) groups is 3. The lowest BCUT2D eigenvalue weighted by Gasteiger charge is -2.16. The van der Waals surface area contributed by atoms with Crippen LogP contribution in [0.4, 0.5) is 5.69 Å². The molecule has 1 rings (SSSR count). The van der Waals surface area contributed by atoms with E-state index in [2.05, 4.69) is 10.1 Å². The van der Waals surface area contributed by atoms with Gasteiger partial charge in [0.25, 0.3) is 5.91 Å². The predicted molar refractivity (Wildman–Crippen MR) is 77.7 cm³/mol. The topological polar surface area (TPSA) is 102 Å². The fraction of sp³-hybridized carbons (Fsp3) is 0.357. The summed E-state index contributed by atoms with van der Waals surface area (Å²) in [6, 6.07) is 6.51. The van der Waals surface area contributed by atoms with Gasteiger partial charge < -0.3 is 15.8 Å². The highest BCUT2D eigenvalue weighted by Crippen LogP contribution is 2.14. The molecule has 0 bridgehead atoms. The summed E-state index contributed by atoms with van der Waals surface area (Å²) < 4.78 is 4.53. The van der Waals surface area contributed by atoms with Gasteiger partial charge in [-0.05, 0) is 19.2 Å². The van der Waals surface area contributed by atoms with Gasteiger partial charge in [0.15, 0.2) is 0 Å². The molecular formula is C14H19N3O4. The number of amides is 2. The molecule has 7 heteroatoms. The molecule has 0 aliphatic heterocycles. The number of carbonyl (C=O) groups excluding carboxylic acids is 3. The van der Waals surface area contributed by atoms with Gasteiger partial charge in [-0.3, -0.25) is 19.3 Å². The number of methoxy groups -OCH3 is 1. The molecule has 0 aromatic heterocycles. The fourth-order valence-corrected chi connectivity index (χ4v) is 1.71. The Labute approximate surface area is 123 Å². The Morgan fingerprint density at radius 1 is 1.29 bits per heavy atom. The van der Waals surface area contributed by atoms with E-state index < -0.39 is 5.91 Å². The average molecular weight is 293 g/mol. The number of hydrogen-bond acceptors (Lipinski definition) is 5. The van der Waals surface area contributed by atoms with Gasteiger partial charge in [-0.2, -0.15) is 0 Å². The number of nitrogens with zero attached hydrogens (tertiary/aromatic N) is 1. The normalized spacial score (nSPS) is 10.2. The van der Waals surface area contributed by atoms with E-state index in [1.54, 1.807) is 36.2 Å². The molecule has 0 atom stereocenters. The van der Waals surface area contributed by atoms with Gasteiger partial charge >= 0.3 is 5.97 Å². The van der Waals surface area contributed by atoms with E-state index in [-0.39, 0.29) is 30.4 Å².